The van der Waals surface area contributed by atoms with Gasteiger partial charge < -0.3 is 9.64 Å². The number of hydrogen-bond donors (Lipinski definition) is 0. The summed E-state index contributed by atoms with van der Waals surface area (Å²) >= 11 is 6.33. The first-order valence-electron chi connectivity index (χ1n) is 10.8. The molecule has 2 aromatic rings. The highest BCUT2D eigenvalue weighted by Gasteiger charge is 2.35. The van der Waals surface area contributed by atoms with Crippen molar-refractivity contribution in [2.45, 2.75) is 39.3 Å². The van der Waals surface area contributed by atoms with Crippen LogP contribution in [0.3, 0.4) is 0 Å². The van der Waals surface area contributed by atoms with E-state index in [4.69, 9.17) is 21.3 Å². The molecule has 6 nitrogen and oxygen atoms in total. The van der Waals surface area contributed by atoms with Crippen LogP contribution in [0.25, 0.3) is 11.6 Å². The van der Waals surface area contributed by atoms with Crippen LogP contribution in [0.2, 0.25) is 5.02 Å². The number of carbonyl (C=O) groups is 2. The molecule has 1 unspecified atom stereocenters. The monoisotopic (exact) mass is 453 g/mol. The number of halogens is 1. The van der Waals surface area contributed by atoms with Crippen molar-refractivity contribution in [1.82, 2.24) is 14.8 Å². The van der Waals surface area contributed by atoms with E-state index in [9.17, 15) is 9.59 Å². The Balaban J connectivity index is 1.69. The summed E-state index contributed by atoms with van der Waals surface area (Å²) in [5, 5.41) is 0.586. The zero-order valence-corrected chi connectivity index (χ0v) is 19.6. The number of ether oxygens (including phenoxy) is 1. The molecule has 1 atom stereocenters. The maximum atomic E-state index is 12.5. The summed E-state index contributed by atoms with van der Waals surface area (Å²) in [6, 6.07) is 9.43. The molecule has 0 spiro atoms. The fraction of sp³-hybridized carbons (Fsp3) is 0.400. The van der Waals surface area contributed by atoms with E-state index < -0.39 is 5.60 Å². The largest absolute Gasteiger partial charge is 0.444 e. The average molecular weight is 454 g/mol. The molecule has 2 heterocycles. The van der Waals surface area contributed by atoms with E-state index in [1.165, 1.54) is 0 Å². The van der Waals surface area contributed by atoms with Crippen LogP contribution >= 0.6 is 11.6 Å². The molecule has 0 radical (unpaired) electrons. The number of Topliss-reactive ketones (excluding diaryl/α,β-unsaturated/α-hetero) is 1. The molecular weight excluding hydrogens is 426 g/mol. The highest BCUT2D eigenvalue weighted by atomic mass is 35.5. The lowest BCUT2D eigenvalue weighted by atomic mass is 9.92. The molecule has 1 aromatic heterocycles. The lowest BCUT2D eigenvalue weighted by molar-refractivity contribution is -0.111. The fourth-order valence-electron chi connectivity index (χ4n) is 4.31. The van der Waals surface area contributed by atoms with Crippen molar-refractivity contribution in [3.05, 3.63) is 63.9 Å². The van der Waals surface area contributed by atoms with Crippen LogP contribution in [-0.2, 0) is 9.53 Å². The first-order chi connectivity index (χ1) is 15.1. The number of benzene rings is 1. The van der Waals surface area contributed by atoms with E-state index >= 15 is 0 Å². The van der Waals surface area contributed by atoms with Crippen LogP contribution in [0.15, 0.2) is 36.5 Å². The van der Waals surface area contributed by atoms with Crippen molar-refractivity contribution >= 4 is 35.1 Å². The van der Waals surface area contributed by atoms with Gasteiger partial charge in [0, 0.05) is 43.0 Å². The van der Waals surface area contributed by atoms with Crippen LogP contribution in [-0.4, -0.2) is 58.4 Å². The molecule has 0 N–H and O–H groups in total. The normalized spacial score (nSPS) is 18.8. The third kappa shape index (κ3) is 4.57. The summed E-state index contributed by atoms with van der Waals surface area (Å²) in [6.45, 7) is 9.64. The number of piperazine rings is 1. The summed E-state index contributed by atoms with van der Waals surface area (Å²) in [6.07, 6.45) is 3.41. The minimum absolute atomic E-state index is 0.0151. The molecule has 32 heavy (non-hydrogen) atoms. The summed E-state index contributed by atoms with van der Waals surface area (Å²) < 4.78 is 5.54. The van der Waals surface area contributed by atoms with E-state index in [0.29, 0.717) is 36.8 Å². The number of fused-ring (bicyclic) bond motifs is 2. The predicted molar refractivity (Wildman–Crippen MR) is 125 cm³/mol. The van der Waals surface area contributed by atoms with E-state index in [2.05, 4.69) is 4.90 Å². The lowest BCUT2D eigenvalue weighted by Crippen LogP contribution is -2.51. The van der Waals surface area contributed by atoms with Crippen molar-refractivity contribution in [3.63, 3.8) is 0 Å². The van der Waals surface area contributed by atoms with Crippen molar-refractivity contribution < 1.29 is 14.3 Å². The number of allylic oxidation sites excluding steroid dienone is 1. The summed E-state index contributed by atoms with van der Waals surface area (Å²) in [5.74, 6) is -0.0151. The second-order valence-electron chi connectivity index (χ2n) is 9.23. The first kappa shape index (κ1) is 22.5. The van der Waals surface area contributed by atoms with Gasteiger partial charge in [-0.1, -0.05) is 23.7 Å². The van der Waals surface area contributed by atoms with Gasteiger partial charge in [0.05, 0.1) is 11.7 Å². The van der Waals surface area contributed by atoms with Crippen molar-refractivity contribution in [1.29, 1.82) is 0 Å². The number of hydrogen-bond acceptors (Lipinski definition) is 5. The van der Waals surface area contributed by atoms with Gasteiger partial charge in [-0.2, -0.15) is 0 Å². The van der Waals surface area contributed by atoms with Crippen LogP contribution in [0.5, 0.6) is 0 Å². The highest BCUT2D eigenvalue weighted by molar-refractivity contribution is 6.31. The molecule has 1 amide bonds. The molecule has 7 heteroatoms. The van der Waals surface area contributed by atoms with Gasteiger partial charge in [0.15, 0.2) is 5.78 Å². The molecule has 1 fully saturated rings. The van der Waals surface area contributed by atoms with Gasteiger partial charge in [-0.15, -0.1) is 0 Å². The molecular formula is C25H28ClN3O3. The number of aromatic nitrogens is 1. The third-order valence-corrected chi connectivity index (χ3v) is 5.98. The highest BCUT2D eigenvalue weighted by Crippen LogP contribution is 2.40. The Morgan fingerprint density at radius 1 is 1.12 bits per heavy atom. The number of nitrogens with zero attached hydrogens (tertiary/aromatic N) is 3. The fourth-order valence-corrected chi connectivity index (χ4v) is 4.48. The van der Waals surface area contributed by atoms with Crippen molar-refractivity contribution in [2.75, 3.05) is 26.2 Å². The minimum atomic E-state index is -0.522. The number of amides is 1. The van der Waals surface area contributed by atoms with E-state index in [1.807, 2.05) is 57.2 Å². The second-order valence-corrected chi connectivity index (χ2v) is 9.67. The molecule has 168 valence electrons. The Kier molecular flexibility index (Phi) is 6.10. The topological polar surface area (TPSA) is 62.7 Å². The van der Waals surface area contributed by atoms with Gasteiger partial charge in [0.1, 0.15) is 5.60 Å². The van der Waals surface area contributed by atoms with Gasteiger partial charge in [-0.05, 0) is 68.7 Å². The lowest BCUT2D eigenvalue weighted by Gasteiger charge is -2.40. The van der Waals surface area contributed by atoms with Gasteiger partial charge in [0.25, 0.3) is 0 Å². The van der Waals surface area contributed by atoms with E-state index in [0.717, 1.165) is 22.4 Å². The Morgan fingerprint density at radius 2 is 1.84 bits per heavy atom. The molecule has 1 aliphatic carbocycles. The zero-order valence-electron chi connectivity index (χ0n) is 18.9. The Morgan fingerprint density at radius 3 is 2.50 bits per heavy atom. The van der Waals surface area contributed by atoms with Crippen LogP contribution < -0.4 is 0 Å². The second kappa shape index (κ2) is 8.68. The third-order valence-electron chi connectivity index (χ3n) is 5.74. The van der Waals surface area contributed by atoms with E-state index in [1.54, 1.807) is 18.0 Å². The smallest absolute Gasteiger partial charge is 0.410 e. The minimum Gasteiger partial charge on any atom is -0.444 e. The summed E-state index contributed by atoms with van der Waals surface area (Å²) in [4.78, 5) is 33.8. The van der Waals surface area contributed by atoms with Gasteiger partial charge in [0.2, 0.25) is 0 Å². The zero-order chi connectivity index (χ0) is 23.0. The summed E-state index contributed by atoms with van der Waals surface area (Å²) in [7, 11) is 0. The Hall–Kier alpha value is -2.70. The van der Waals surface area contributed by atoms with Gasteiger partial charge >= 0.3 is 6.09 Å². The van der Waals surface area contributed by atoms with Crippen molar-refractivity contribution in [2.24, 2.45) is 0 Å². The van der Waals surface area contributed by atoms with Crippen LogP contribution in [0, 0.1) is 0 Å². The van der Waals surface area contributed by atoms with Crippen LogP contribution in [0.1, 0.15) is 56.1 Å². The molecule has 2 aliphatic rings. The number of pyridine rings is 1. The van der Waals surface area contributed by atoms with E-state index in [-0.39, 0.29) is 17.9 Å². The molecule has 0 saturated carbocycles. The molecule has 1 aliphatic heterocycles. The molecule has 0 bridgehead atoms. The number of carbonyl (C=O) groups excluding carboxylic acids is 2. The van der Waals surface area contributed by atoms with Gasteiger partial charge in [-0.25, -0.2) is 4.79 Å². The molecule has 4 rings (SSSR count). The average Bonchev–Trinajstić information content (AvgIpc) is 2.87. The number of ketones is 1. The van der Waals surface area contributed by atoms with Crippen LogP contribution in [0.4, 0.5) is 4.79 Å². The number of rotatable bonds is 2. The first-order valence-corrected chi connectivity index (χ1v) is 11.2. The molecule has 1 saturated heterocycles. The van der Waals surface area contributed by atoms with Gasteiger partial charge in [-0.3, -0.25) is 14.7 Å². The van der Waals surface area contributed by atoms with Crippen molar-refractivity contribution in [3.8, 4) is 0 Å². The quantitative estimate of drug-likeness (QED) is 0.652. The Bertz CT molecular complexity index is 1080. The summed E-state index contributed by atoms with van der Waals surface area (Å²) in [5.41, 5.74) is 3.77. The predicted octanol–water partition coefficient (Wildman–Crippen LogP) is 4.82. The maximum absolute atomic E-state index is 12.5. The Labute approximate surface area is 193 Å². The standard InChI is InChI=1S/C25H28ClN3O3/c1-16(30)20-14-17-6-5-9-27-22(17)23(19-8-7-18(26)15-21(19)20)28-10-12-29(13-11-28)24(31)32-25(2,3)4/h5-9,14-15,23H,10-13H2,1-4H3. The SMILES string of the molecule is CC(=O)C1=Cc2cccnc2C(N2CCN(C(=O)OC(C)(C)C)CC2)c2ccc(Cl)cc21. The maximum Gasteiger partial charge on any atom is 0.410 e. The molecule has 1 aromatic carbocycles.